The third kappa shape index (κ3) is 7.35. The number of benzene rings is 3. The lowest BCUT2D eigenvalue weighted by Crippen LogP contribution is -2.15. The van der Waals surface area contributed by atoms with Gasteiger partial charge in [-0.05, 0) is 46.1 Å². The van der Waals surface area contributed by atoms with Gasteiger partial charge < -0.3 is 0 Å². The molecule has 0 aliphatic carbocycles. The minimum absolute atomic E-state index is 0.150. The van der Waals surface area contributed by atoms with Crippen LogP contribution in [0, 0.1) is 0 Å². The first kappa shape index (κ1) is 23.7. The Kier molecular flexibility index (Phi) is 10.3. The highest BCUT2D eigenvalue weighted by atomic mass is 14.2. The molecule has 0 atom stereocenters. The van der Waals surface area contributed by atoms with Gasteiger partial charge in [0.25, 0.3) is 0 Å². The van der Waals surface area contributed by atoms with Crippen molar-refractivity contribution >= 4 is 0 Å². The SMILES string of the molecule is CC.CC.CC(C)(C)c1cc(Cc2ccccc2)ccc1Cc1ccccc1. The molecule has 3 aromatic carbocycles. The van der Waals surface area contributed by atoms with E-state index in [0.29, 0.717) is 0 Å². The van der Waals surface area contributed by atoms with Crippen molar-refractivity contribution in [2.45, 2.75) is 66.7 Å². The summed E-state index contributed by atoms with van der Waals surface area (Å²) >= 11 is 0. The van der Waals surface area contributed by atoms with Gasteiger partial charge in [0.2, 0.25) is 0 Å². The summed E-state index contributed by atoms with van der Waals surface area (Å²) in [6.07, 6.45) is 1.99. The Hall–Kier alpha value is -2.34. The van der Waals surface area contributed by atoms with Gasteiger partial charge in [0.15, 0.2) is 0 Å². The Balaban J connectivity index is 0.000000921. The molecule has 28 heavy (non-hydrogen) atoms. The van der Waals surface area contributed by atoms with Crippen LogP contribution in [0.15, 0.2) is 78.9 Å². The van der Waals surface area contributed by atoms with E-state index in [0.717, 1.165) is 12.8 Å². The fourth-order valence-corrected chi connectivity index (χ4v) is 3.23. The molecule has 150 valence electrons. The molecule has 0 bridgehead atoms. The maximum Gasteiger partial charge on any atom is -0.00228 e. The maximum absolute atomic E-state index is 2.41. The van der Waals surface area contributed by atoms with E-state index in [9.17, 15) is 0 Å². The molecular weight excluding hydrogens is 336 g/mol. The molecule has 0 saturated heterocycles. The zero-order valence-electron chi connectivity index (χ0n) is 18.9. The molecule has 0 aliphatic heterocycles. The van der Waals surface area contributed by atoms with Gasteiger partial charge in [-0.25, -0.2) is 0 Å². The van der Waals surface area contributed by atoms with E-state index in [4.69, 9.17) is 0 Å². The molecule has 0 saturated carbocycles. The van der Waals surface area contributed by atoms with Crippen molar-refractivity contribution in [2.75, 3.05) is 0 Å². The minimum Gasteiger partial charge on any atom is -0.0683 e. The normalized spacial score (nSPS) is 10.2. The van der Waals surface area contributed by atoms with Gasteiger partial charge >= 0.3 is 0 Å². The van der Waals surface area contributed by atoms with Crippen molar-refractivity contribution in [2.24, 2.45) is 0 Å². The van der Waals surface area contributed by atoms with Crippen LogP contribution in [0.5, 0.6) is 0 Å². The topological polar surface area (TPSA) is 0 Å². The van der Waals surface area contributed by atoms with Crippen molar-refractivity contribution in [3.05, 3.63) is 107 Å². The Bertz CT molecular complexity index is 777. The van der Waals surface area contributed by atoms with Gasteiger partial charge in [0, 0.05) is 0 Å². The lowest BCUT2D eigenvalue weighted by atomic mass is 9.81. The molecular formula is C28H38. The third-order valence-electron chi connectivity index (χ3n) is 4.47. The van der Waals surface area contributed by atoms with Gasteiger partial charge in [-0.15, -0.1) is 0 Å². The van der Waals surface area contributed by atoms with Gasteiger partial charge in [0.1, 0.15) is 0 Å². The van der Waals surface area contributed by atoms with Crippen LogP contribution >= 0.6 is 0 Å². The van der Waals surface area contributed by atoms with Crippen molar-refractivity contribution in [3.63, 3.8) is 0 Å². The van der Waals surface area contributed by atoms with Gasteiger partial charge in [-0.1, -0.05) is 127 Å². The van der Waals surface area contributed by atoms with Crippen LogP contribution in [0.3, 0.4) is 0 Å². The summed E-state index contributed by atoms with van der Waals surface area (Å²) in [6, 6.07) is 28.5. The van der Waals surface area contributed by atoms with Crippen LogP contribution in [-0.2, 0) is 18.3 Å². The van der Waals surface area contributed by atoms with Gasteiger partial charge in [-0.2, -0.15) is 0 Å². The summed E-state index contributed by atoms with van der Waals surface area (Å²) in [6.45, 7) is 14.9. The van der Waals surface area contributed by atoms with Crippen LogP contribution in [-0.4, -0.2) is 0 Å². The minimum atomic E-state index is 0.150. The van der Waals surface area contributed by atoms with Crippen molar-refractivity contribution in [1.29, 1.82) is 0 Å². The summed E-state index contributed by atoms with van der Waals surface area (Å²) in [5.74, 6) is 0. The van der Waals surface area contributed by atoms with E-state index in [2.05, 4.69) is 99.6 Å². The van der Waals surface area contributed by atoms with Crippen LogP contribution in [0.25, 0.3) is 0 Å². The maximum atomic E-state index is 2.41. The zero-order valence-corrected chi connectivity index (χ0v) is 18.9. The molecule has 0 spiro atoms. The summed E-state index contributed by atoms with van der Waals surface area (Å²) < 4.78 is 0. The molecule has 0 aromatic heterocycles. The van der Waals surface area contributed by atoms with E-state index in [-0.39, 0.29) is 5.41 Å². The molecule has 0 aliphatic rings. The molecule has 0 heterocycles. The van der Waals surface area contributed by atoms with E-state index in [1.165, 1.54) is 27.8 Å². The monoisotopic (exact) mass is 374 g/mol. The van der Waals surface area contributed by atoms with Crippen LogP contribution < -0.4 is 0 Å². The zero-order chi connectivity index (χ0) is 21.0. The average molecular weight is 375 g/mol. The Morgan fingerprint density at radius 1 is 0.536 bits per heavy atom. The first-order valence-electron chi connectivity index (χ1n) is 10.7. The molecule has 0 nitrogen and oxygen atoms in total. The van der Waals surface area contributed by atoms with E-state index in [1.54, 1.807) is 0 Å². The quantitative estimate of drug-likeness (QED) is 0.431. The fourth-order valence-electron chi connectivity index (χ4n) is 3.23. The average Bonchev–Trinajstić information content (AvgIpc) is 2.73. The highest BCUT2D eigenvalue weighted by Crippen LogP contribution is 2.29. The third-order valence-corrected chi connectivity index (χ3v) is 4.47. The lowest BCUT2D eigenvalue weighted by molar-refractivity contribution is 0.583. The fraction of sp³-hybridized carbons (Fsp3) is 0.357. The van der Waals surface area contributed by atoms with Gasteiger partial charge in [-0.3, -0.25) is 0 Å². The molecule has 0 unspecified atom stereocenters. The molecule has 0 amide bonds. The molecule has 0 radical (unpaired) electrons. The van der Waals surface area contributed by atoms with Crippen LogP contribution in [0.1, 0.15) is 76.3 Å². The van der Waals surface area contributed by atoms with Crippen molar-refractivity contribution < 1.29 is 0 Å². The standard InChI is InChI=1S/C24H26.2C2H6/c1-24(2,3)23-18-21(16-19-10-6-4-7-11-19)14-15-22(23)17-20-12-8-5-9-13-20;2*1-2/h4-15,18H,16-17H2,1-3H3;2*1-2H3. The van der Waals surface area contributed by atoms with Crippen LogP contribution in [0.4, 0.5) is 0 Å². The van der Waals surface area contributed by atoms with E-state index >= 15 is 0 Å². The molecule has 0 N–H and O–H groups in total. The predicted octanol–water partition coefficient (Wildman–Crippen LogP) is 8.22. The summed E-state index contributed by atoms with van der Waals surface area (Å²) in [4.78, 5) is 0. The summed E-state index contributed by atoms with van der Waals surface area (Å²) in [7, 11) is 0. The second kappa shape index (κ2) is 12.2. The second-order valence-corrected chi connectivity index (χ2v) is 7.57. The van der Waals surface area contributed by atoms with Crippen molar-refractivity contribution in [1.82, 2.24) is 0 Å². The highest BCUT2D eigenvalue weighted by Gasteiger charge is 2.18. The molecule has 3 rings (SSSR count). The number of hydrogen-bond acceptors (Lipinski definition) is 0. The number of rotatable bonds is 4. The molecule has 3 aromatic rings. The highest BCUT2D eigenvalue weighted by molar-refractivity contribution is 5.41. The van der Waals surface area contributed by atoms with E-state index < -0.39 is 0 Å². The molecule has 0 heteroatoms. The largest absolute Gasteiger partial charge is 0.0683 e. The Morgan fingerprint density at radius 2 is 1.00 bits per heavy atom. The Morgan fingerprint density at radius 3 is 1.46 bits per heavy atom. The molecule has 0 fully saturated rings. The number of hydrogen-bond donors (Lipinski definition) is 0. The summed E-state index contributed by atoms with van der Waals surface area (Å²) in [5.41, 5.74) is 7.18. The summed E-state index contributed by atoms with van der Waals surface area (Å²) in [5, 5.41) is 0. The van der Waals surface area contributed by atoms with Crippen LogP contribution in [0.2, 0.25) is 0 Å². The van der Waals surface area contributed by atoms with Gasteiger partial charge in [0.05, 0.1) is 0 Å². The lowest BCUT2D eigenvalue weighted by Gasteiger charge is -2.24. The van der Waals surface area contributed by atoms with E-state index in [1.807, 2.05) is 27.7 Å². The smallest absolute Gasteiger partial charge is 0.00228 e. The second-order valence-electron chi connectivity index (χ2n) is 7.57. The predicted molar refractivity (Wildman–Crippen MR) is 126 cm³/mol. The first-order valence-corrected chi connectivity index (χ1v) is 10.7. The van der Waals surface area contributed by atoms with Crippen molar-refractivity contribution in [3.8, 4) is 0 Å². The first-order chi connectivity index (χ1) is 13.5. The Labute approximate surface area is 173 Å².